The van der Waals surface area contributed by atoms with Gasteiger partial charge in [0.25, 0.3) is 0 Å². The molecule has 2 aromatic rings. The van der Waals surface area contributed by atoms with Crippen LogP contribution in [-0.4, -0.2) is 54.9 Å². The number of carbonyl (C=O) groups excluding carboxylic acids is 2. The Hall–Kier alpha value is -2.92. The number of aromatic nitrogens is 2. The molecule has 0 saturated carbocycles. The summed E-state index contributed by atoms with van der Waals surface area (Å²) in [6.45, 7) is 1.38. The molecular weight excluding hydrogens is 388 g/mol. The molecule has 0 aliphatic carbocycles. The summed E-state index contributed by atoms with van der Waals surface area (Å²) in [4.78, 5) is 24.2. The average molecular weight is 408 g/mol. The molecule has 1 atom stereocenters. The van der Waals surface area contributed by atoms with Gasteiger partial charge in [-0.25, -0.2) is 13.1 Å². The third-order valence-electron chi connectivity index (χ3n) is 4.10. The number of anilines is 1. The highest BCUT2D eigenvalue weighted by molar-refractivity contribution is 7.90. The van der Waals surface area contributed by atoms with Crippen LogP contribution in [-0.2, 0) is 30.9 Å². The zero-order chi connectivity index (χ0) is 20.5. The number of nitrogens with zero attached hydrogens (tertiary/aromatic N) is 2. The van der Waals surface area contributed by atoms with Gasteiger partial charge in [-0.05, 0) is 31.2 Å². The average Bonchev–Trinajstić information content (AvgIpc) is 3.12. The highest BCUT2D eigenvalue weighted by Gasteiger charge is 2.33. The smallest absolute Gasteiger partial charge is 0.314 e. The first kappa shape index (κ1) is 19.8. The van der Waals surface area contributed by atoms with Crippen LogP contribution < -0.4 is 15.4 Å². The van der Waals surface area contributed by atoms with Crippen molar-refractivity contribution in [2.45, 2.75) is 24.5 Å². The van der Waals surface area contributed by atoms with Crippen LogP contribution in [0.15, 0.2) is 24.3 Å². The minimum atomic E-state index is -3.35. The quantitative estimate of drug-likeness (QED) is 0.579. The maximum absolute atomic E-state index is 12.3. The Labute approximate surface area is 161 Å². The third-order valence-corrected chi connectivity index (χ3v) is 5.54. The van der Waals surface area contributed by atoms with Gasteiger partial charge in [0.2, 0.25) is 0 Å². The summed E-state index contributed by atoms with van der Waals surface area (Å²) in [7, 11) is -1.82. The number of amides is 2. The van der Waals surface area contributed by atoms with Crippen molar-refractivity contribution in [2.24, 2.45) is 0 Å². The lowest BCUT2D eigenvalue weighted by Crippen LogP contribution is -2.39. The number of aliphatic hydroxyl groups excluding tert-OH is 1. The van der Waals surface area contributed by atoms with Crippen LogP contribution in [0.2, 0.25) is 0 Å². The second-order valence-electron chi connectivity index (χ2n) is 6.43. The Morgan fingerprint density at radius 2 is 1.93 bits per heavy atom. The van der Waals surface area contributed by atoms with E-state index in [0.29, 0.717) is 22.7 Å². The van der Waals surface area contributed by atoms with Gasteiger partial charge in [-0.2, -0.15) is 5.10 Å². The van der Waals surface area contributed by atoms with E-state index in [1.54, 1.807) is 24.3 Å². The van der Waals surface area contributed by atoms with Crippen LogP contribution in [0.3, 0.4) is 0 Å². The Balaban J connectivity index is 1.93. The molecular formula is C17H20N4O6S. The first-order valence-corrected chi connectivity index (χ1v) is 10.2. The van der Waals surface area contributed by atoms with Crippen molar-refractivity contribution in [2.75, 3.05) is 19.0 Å². The number of benzene rings is 1. The Bertz CT molecular complexity index is 1010. The van der Waals surface area contributed by atoms with Crippen molar-refractivity contribution < 1.29 is 27.9 Å². The van der Waals surface area contributed by atoms with E-state index in [1.807, 2.05) is 0 Å². The fraction of sp³-hybridized carbons (Fsp3) is 0.353. The number of carbonyl (C=O) groups is 2. The van der Waals surface area contributed by atoms with Crippen molar-refractivity contribution in [3.63, 3.8) is 0 Å². The molecule has 2 heterocycles. The van der Waals surface area contributed by atoms with E-state index in [2.05, 4.69) is 15.7 Å². The van der Waals surface area contributed by atoms with Crippen molar-refractivity contribution in [1.82, 2.24) is 15.1 Å². The molecule has 150 valence electrons. The number of methoxy groups -OCH3 is 1. The maximum Gasteiger partial charge on any atom is 0.314 e. The molecule has 28 heavy (non-hydrogen) atoms. The molecule has 2 amide bonds. The zero-order valence-electron chi connectivity index (χ0n) is 15.3. The van der Waals surface area contributed by atoms with Gasteiger partial charge < -0.3 is 20.5 Å². The summed E-state index contributed by atoms with van der Waals surface area (Å²) >= 11 is 0. The highest BCUT2D eigenvalue weighted by Crippen LogP contribution is 2.33. The lowest BCUT2D eigenvalue weighted by atomic mass is 10.2. The molecule has 3 N–H and O–H groups in total. The molecule has 0 radical (unpaired) electrons. The van der Waals surface area contributed by atoms with Gasteiger partial charge in [-0.15, -0.1) is 0 Å². The molecule has 1 aliphatic heterocycles. The summed E-state index contributed by atoms with van der Waals surface area (Å²) < 4.78 is 30.4. The molecule has 10 nitrogen and oxygen atoms in total. The van der Waals surface area contributed by atoms with Gasteiger partial charge in [-0.3, -0.25) is 9.59 Å². The SMILES string of the molecule is COc1ccc(-n2nc3c(c2NC(=O)C(=O)NC[C@@H](C)O)CS(=O)(=O)C3)cc1. The van der Waals surface area contributed by atoms with Crippen LogP contribution in [0.4, 0.5) is 5.82 Å². The first-order chi connectivity index (χ1) is 13.2. The fourth-order valence-corrected chi connectivity index (χ4v) is 4.26. The molecule has 0 unspecified atom stereocenters. The number of hydrogen-bond donors (Lipinski definition) is 3. The third kappa shape index (κ3) is 4.15. The van der Waals surface area contributed by atoms with Gasteiger partial charge in [-0.1, -0.05) is 0 Å². The molecule has 0 fully saturated rings. The molecule has 1 aromatic carbocycles. The minimum absolute atomic E-state index is 0.0868. The van der Waals surface area contributed by atoms with E-state index in [4.69, 9.17) is 4.74 Å². The summed E-state index contributed by atoms with van der Waals surface area (Å²) in [5, 5.41) is 18.3. The number of fused-ring (bicyclic) bond motifs is 1. The normalized spacial score (nSPS) is 15.5. The second-order valence-corrected chi connectivity index (χ2v) is 8.49. The van der Waals surface area contributed by atoms with E-state index in [-0.39, 0.29) is 23.9 Å². The van der Waals surface area contributed by atoms with Crippen molar-refractivity contribution in [3.8, 4) is 11.4 Å². The zero-order valence-corrected chi connectivity index (χ0v) is 16.1. The lowest BCUT2D eigenvalue weighted by Gasteiger charge is -2.12. The van der Waals surface area contributed by atoms with E-state index in [0.717, 1.165) is 0 Å². The van der Waals surface area contributed by atoms with E-state index in [9.17, 15) is 23.1 Å². The minimum Gasteiger partial charge on any atom is -0.497 e. The van der Waals surface area contributed by atoms with Crippen LogP contribution in [0.25, 0.3) is 5.69 Å². The van der Waals surface area contributed by atoms with Crippen molar-refractivity contribution in [3.05, 3.63) is 35.5 Å². The fourth-order valence-electron chi connectivity index (χ4n) is 2.77. The molecule has 3 rings (SSSR count). The summed E-state index contributed by atoms with van der Waals surface area (Å²) in [6, 6.07) is 6.77. The van der Waals surface area contributed by atoms with Gasteiger partial charge in [0, 0.05) is 12.1 Å². The number of sulfone groups is 1. The number of hydrogen-bond acceptors (Lipinski definition) is 7. The highest BCUT2D eigenvalue weighted by atomic mass is 32.2. The van der Waals surface area contributed by atoms with Crippen molar-refractivity contribution >= 4 is 27.5 Å². The van der Waals surface area contributed by atoms with Crippen LogP contribution in [0.1, 0.15) is 18.2 Å². The summed E-state index contributed by atoms with van der Waals surface area (Å²) in [5.41, 5.74) is 1.25. The van der Waals surface area contributed by atoms with Gasteiger partial charge in [0.1, 0.15) is 11.6 Å². The molecule has 1 aliphatic rings. The van der Waals surface area contributed by atoms with Crippen LogP contribution >= 0.6 is 0 Å². The van der Waals surface area contributed by atoms with Gasteiger partial charge >= 0.3 is 11.8 Å². The summed E-state index contributed by atoms with van der Waals surface area (Å²) in [6.07, 6.45) is -0.809. The predicted octanol–water partition coefficient (Wildman–Crippen LogP) is -0.255. The first-order valence-electron chi connectivity index (χ1n) is 8.43. The molecule has 0 spiro atoms. The second kappa shape index (κ2) is 7.60. The largest absolute Gasteiger partial charge is 0.497 e. The van der Waals surface area contributed by atoms with Gasteiger partial charge in [0.15, 0.2) is 9.84 Å². The number of ether oxygens (including phenoxy) is 1. The Kier molecular flexibility index (Phi) is 5.38. The predicted molar refractivity (Wildman–Crippen MR) is 99.8 cm³/mol. The van der Waals surface area contributed by atoms with Gasteiger partial charge in [0.05, 0.1) is 36.1 Å². The number of aliphatic hydroxyl groups is 1. The maximum atomic E-state index is 12.3. The Morgan fingerprint density at radius 3 is 2.54 bits per heavy atom. The summed E-state index contributed by atoms with van der Waals surface area (Å²) in [5.74, 6) is -1.70. The monoisotopic (exact) mass is 408 g/mol. The topological polar surface area (TPSA) is 140 Å². The van der Waals surface area contributed by atoms with Crippen LogP contribution in [0, 0.1) is 0 Å². The van der Waals surface area contributed by atoms with E-state index >= 15 is 0 Å². The Morgan fingerprint density at radius 1 is 1.25 bits per heavy atom. The molecule has 11 heteroatoms. The molecule has 0 saturated heterocycles. The number of rotatable bonds is 5. The van der Waals surface area contributed by atoms with E-state index in [1.165, 1.54) is 18.7 Å². The van der Waals surface area contributed by atoms with Crippen molar-refractivity contribution in [1.29, 1.82) is 0 Å². The molecule has 0 bridgehead atoms. The lowest BCUT2D eigenvalue weighted by molar-refractivity contribution is -0.136. The van der Waals surface area contributed by atoms with Crippen LogP contribution in [0.5, 0.6) is 5.75 Å². The standard InChI is InChI=1S/C17H20N4O6S/c1-10(22)7-18-16(23)17(24)19-15-13-8-28(25,26)9-14(13)20-21(15)11-3-5-12(27-2)6-4-11/h3-6,10,22H,7-9H2,1-2H3,(H,18,23)(H,19,24)/t10-/m1/s1. The van der Waals surface area contributed by atoms with E-state index < -0.39 is 27.8 Å². The number of nitrogens with one attached hydrogen (secondary N) is 2. The molecule has 1 aromatic heterocycles.